The van der Waals surface area contributed by atoms with E-state index in [4.69, 9.17) is 0 Å². The molecule has 0 unspecified atom stereocenters. The number of aromatic hydroxyl groups is 1. The fraction of sp³-hybridized carbons (Fsp3) is 0.276. The van der Waals surface area contributed by atoms with E-state index in [-0.39, 0.29) is 24.1 Å². The van der Waals surface area contributed by atoms with Crippen LogP contribution in [0.5, 0.6) is 5.75 Å². The molecule has 0 spiro atoms. The van der Waals surface area contributed by atoms with Crippen molar-refractivity contribution in [3.05, 3.63) is 95.2 Å². The Balaban J connectivity index is 0.00000289. The van der Waals surface area contributed by atoms with Gasteiger partial charge in [0.25, 0.3) is 5.91 Å². The third-order valence-electron chi connectivity index (χ3n) is 6.99. The van der Waals surface area contributed by atoms with Gasteiger partial charge in [-0.2, -0.15) is 0 Å². The number of piperidine rings is 1. The number of nitrogens with one attached hydrogen (secondary N) is 2. The zero-order valence-corrected chi connectivity index (χ0v) is 20.8. The van der Waals surface area contributed by atoms with E-state index in [1.807, 2.05) is 19.1 Å². The third-order valence-corrected chi connectivity index (χ3v) is 6.99. The number of carbonyl (C=O) groups excluding carboxylic acids is 1. The molecular weight excluding hydrogens is 458 g/mol. The highest BCUT2D eigenvalue weighted by Gasteiger charge is 2.24. The Morgan fingerprint density at radius 2 is 1.74 bits per heavy atom. The minimum atomic E-state index is -0.151. The number of aromatic nitrogens is 1. The lowest BCUT2D eigenvalue weighted by Crippen LogP contribution is -2.34. The van der Waals surface area contributed by atoms with Crippen LogP contribution in [-0.4, -0.2) is 40.5 Å². The zero-order valence-electron chi connectivity index (χ0n) is 20.0. The van der Waals surface area contributed by atoms with Crippen LogP contribution in [0, 0.1) is 6.92 Å². The van der Waals surface area contributed by atoms with Crippen molar-refractivity contribution < 1.29 is 9.90 Å². The molecule has 1 aliphatic heterocycles. The molecular formula is C29H32ClN3O2. The first-order chi connectivity index (χ1) is 16.6. The number of hydrogen-bond donors (Lipinski definition) is 3. The van der Waals surface area contributed by atoms with Crippen LogP contribution in [0.2, 0.25) is 0 Å². The van der Waals surface area contributed by atoms with Gasteiger partial charge in [0.15, 0.2) is 0 Å². The van der Waals surface area contributed by atoms with Crippen LogP contribution in [0.4, 0.5) is 5.69 Å². The van der Waals surface area contributed by atoms with Crippen LogP contribution in [0.1, 0.15) is 45.9 Å². The Labute approximate surface area is 212 Å². The highest BCUT2D eigenvalue weighted by atomic mass is 35.5. The van der Waals surface area contributed by atoms with Crippen LogP contribution < -0.4 is 5.32 Å². The Morgan fingerprint density at radius 3 is 2.51 bits per heavy atom. The van der Waals surface area contributed by atoms with Crippen molar-refractivity contribution in [3.8, 4) is 5.75 Å². The van der Waals surface area contributed by atoms with Crippen molar-refractivity contribution in [2.24, 2.45) is 0 Å². The predicted molar refractivity (Wildman–Crippen MR) is 145 cm³/mol. The summed E-state index contributed by atoms with van der Waals surface area (Å²) in [6, 6.07) is 23.9. The molecule has 3 aromatic carbocycles. The van der Waals surface area contributed by atoms with Gasteiger partial charge in [-0.1, -0.05) is 48.5 Å². The number of benzene rings is 3. The number of amides is 1. The maximum absolute atomic E-state index is 13.3. The second-order valence-corrected chi connectivity index (χ2v) is 9.25. The summed E-state index contributed by atoms with van der Waals surface area (Å²) in [4.78, 5) is 19.1. The van der Waals surface area contributed by atoms with Crippen molar-refractivity contribution in [2.45, 2.75) is 32.1 Å². The molecule has 182 valence electrons. The molecule has 4 aromatic rings. The first kappa shape index (κ1) is 24.8. The molecule has 5 nitrogen and oxygen atoms in total. The highest BCUT2D eigenvalue weighted by molar-refractivity contribution is 6.14. The number of carbonyl (C=O) groups is 1. The third kappa shape index (κ3) is 5.53. The van der Waals surface area contributed by atoms with E-state index in [1.54, 1.807) is 18.2 Å². The van der Waals surface area contributed by atoms with E-state index < -0.39 is 0 Å². The molecule has 0 aliphatic carbocycles. The predicted octanol–water partition coefficient (Wildman–Crippen LogP) is 6.28. The molecule has 3 N–H and O–H groups in total. The maximum Gasteiger partial charge on any atom is 0.258 e. The molecule has 35 heavy (non-hydrogen) atoms. The van der Waals surface area contributed by atoms with Crippen molar-refractivity contribution in [3.63, 3.8) is 0 Å². The van der Waals surface area contributed by atoms with Gasteiger partial charge < -0.3 is 20.3 Å². The number of aromatic amines is 1. The van der Waals surface area contributed by atoms with Gasteiger partial charge in [0.2, 0.25) is 0 Å². The van der Waals surface area contributed by atoms with Crippen LogP contribution in [0.3, 0.4) is 0 Å². The van der Waals surface area contributed by atoms with Crippen molar-refractivity contribution >= 4 is 34.9 Å². The first-order valence-corrected chi connectivity index (χ1v) is 12.1. The van der Waals surface area contributed by atoms with E-state index in [2.05, 4.69) is 57.7 Å². The number of nitrogens with zero attached hydrogens (tertiary/aromatic N) is 1. The van der Waals surface area contributed by atoms with E-state index in [0.29, 0.717) is 11.5 Å². The van der Waals surface area contributed by atoms with Crippen LogP contribution in [0.15, 0.2) is 72.8 Å². The van der Waals surface area contributed by atoms with E-state index in [0.717, 1.165) is 61.2 Å². The number of hydrogen-bond acceptors (Lipinski definition) is 3. The lowest BCUT2D eigenvalue weighted by Gasteiger charge is -2.33. The van der Waals surface area contributed by atoms with E-state index in [9.17, 15) is 9.90 Å². The van der Waals surface area contributed by atoms with Gasteiger partial charge >= 0.3 is 0 Å². The van der Waals surface area contributed by atoms with Crippen LogP contribution >= 0.6 is 12.4 Å². The molecule has 1 aromatic heterocycles. The normalized spacial score (nSPS) is 14.5. The van der Waals surface area contributed by atoms with Gasteiger partial charge in [-0.15, -0.1) is 12.4 Å². The number of anilines is 1. The molecule has 0 atom stereocenters. The average Bonchev–Trinajstić information content (AvgIpc) is 3.19. The maximum atomic E-state index is 13.3. The van der Waals surface area contributed by atoms with Gasteiger partial charge in [0, 0.05) is 28.8 Å². The smallest absolute Gasteiger partial charge is 0.258 e. The van der Waals surface area contributed by atoms with E-state index >= 15 is 0 Å². The molecule has 0 saturated carbocycles. The fourth-order valence-electron chi connectivity index (χ4n) is 5.16. The number of H-pyrrole nitrogens is 1. The van der Waals surface area contributed by atoms with Gasteiger partial charge in [-0.3, -0.25) is 4.79 Å². The average molecular weight is 490 g/mol. The number of fused-ring (bicyclic) bond motifs is 1. The summed E-state index contributed by atoms with van der Waals surface area (Å²) in [7, 11) is 0. The fourth-order valence-corrected chi connectivity index (χ4v) is 5.16. The summed E-state index contributed by atoms with van der Waals surface area (Å²) < 4.78 is 0. The first-order valence-electron chi connectivity index (χ1n) is 12.1. The van der Waals surface area contributed by atoms with Crippen molar-refractivity contribution in [1.29, 1.82) is 0 Å². The van der Waals surface area contributed by atoms with Crippen molar-refractivity contribution in [2.75, 3.05) is 25.0 Å². The molecule has 2 heterocycles. The van der Waals surface area contributed by atoms with Gasteiger partial charge in [-0.25, -0.2) is 0 Å². The van der Waals surface area contributed by atoms with Crippen LogP contribution in [-0.2, 0) is 6.42 Å². The minimum Gasteiger partial charge on any atom is -0.508 e. The summed E-state index contributed by atoms with van der Waals surface area (Å²) >= 11 is 0. The molecule has 6 heteroatoms. The molecule has 1 saturated heterocycles. The standard InChI is InChI=1S/C29H31N3O2.ClH/c1-20-28(25-19-23(33)11-12-27(25)30-20)29(34)31-26-10-6-5-9-24(26)22-14-17-32(18-15-22)16-13-21-7-3-2-4-8-21;/h2-12,19,22,30,33H,13-18H2,1H3,(H,31,34);1H. The molecule has 1 aliphatic rings. The number of likely N-dealkylation sites (tertiary alicyclic amines) is 1. The molecule has 5 rings (SSSR count). The van der Waals surface area contributed by atoms with Gasteiger partial charge in [0.1, 0.15) is 5.75 Å². The molecule has 1 fully saturated rings. The topological polar surface area (TPSA) is 68.4 Å². The quantitative estimate of drug-likeness (QED) is 0.298. The van der Waals surface area contributed by atoms with Crippen LogP contribution in [0.25, 0.3) is 10.9 Å². The number of aryl methyl sites for hydroxylation is 1. The summed E-state index contributed by atoms with van der Waals surface area (Å²) in [6.45, 7) is 5.12. The summed E-state index contributed by atoms with van der Waals surface area (Å²) in [5.41, 5.74) is 5.69. The molecule has 0 bridgehead atoms. The lowest BCUT2D eigenvalue weighted by molar-refractivity contribution is 0.102. The Bertz CT molecular complexity index is 1290. The lowest BCUT2D eigenvalue weighted by atomic mass is 9.88. The highest BCUT2D eigenvalue weighted by Crippen LogP contribution is 2.34. The summed E-state index contributed by atoms with van der Waals surface area (Å²) in [5, 5.41) is 13.8. The Kier molecular flexibility index (Phi) is 7.79. The second kappa shape index (κ2) is 11.0. The molecule has 0 radical (unpaired) electrons. The minimum absolute atomic E-state index is 0. The zero-order chi connectivity index (χ0) is 23.5. The van der Waals surface area contributed by atoms with Gasteiger partial charge in [-0.05, 0) is 80.6 Å². The number of phenols is 1. The monoisotopic (exact) mass is 489 g/mol. The largest absolute Gasteiger partial charge is 0.508 e. The van der Waals surface area contributed by atoms with E-state index in [1.165, 1.54) is 11.1 Å². The Hall–Kier alpha value is -3.28. The summed E-state index contributed by atoms with van der Waals surface area (Å²) in [5.74, 6) is 0.430. The number of para-hydroxylation sites is 1. The van der Waals surface area contributed by atoms with Crippen molar-refractivity contribution in [1.82, 2.24) is 9.88 Å². The Morgan fingerprint density at radius 1 is 1.03 bits per heavy atom. The SMILES string of the molecule is Cc1[nH]c2ccc(O)cc2c1C(=O)Nc1ccccc1C1CCN(CCc2ccccc2)CC1.Cl. The number of rotatable bonds is 6. The number of halogens is 1. The number of phenolic OH excluding ortho intramolecular Hbond substituents is 1. The second-order valence-electron chi connectivity index (χ2n) is 9.25. The summed E-state index contributed by atoms with van der Waals surface area (Å²) in [6.07, 6.45) is 3.25. The van der Waals surface area contributed by atoms with Gasteiger partial charge in [0.05, 0.1) is 5.56 Å². The molecule has 1 amide bonds.